The summed E-state index contributed by atoms with van der Waals surface area (Å²) >= 11 is 0. The number of hydrogen-bond donors (Lipinski definition) is 3. The maximum absolute atomic E-state index is 12.6. The van der Waals surface area contributed by atoms with Crippen molar-refractivity contribution in [1.82, 2.24) is 25.3 Å². The molecule has 1 atom stereocenters. The number of para-hydroxylation sites is 1. The molecule has 0 radical (unpaired) electrons. The molecule has 0 spiro atoms. The minimum Gasteiger partial charge on any atom is -0.321 e. The van der Waals surface area contributed by atoms with E-state index < -0.39 is 5.92 Å². The van der Waals surface area contributed by atoms with Gasteiger partial charge in [-0.3, -0.25) is 29.5 Å². The fourth-order valence-electron chi connectivity index (χ4n) is 3.54. The first kappa shape index (κ1) is 17.9. The number of imide groups is 1. The van der Waals surface area contributed by atoms with E-state index in [1.54, 1.807) is 4.68 Å². The molecule has 0 saturated carbocycles. The van der Waals surface area contributed by atoms with E-state index in [0.29, 0.717) is 23.5 Å². The number of nitrogens with zero attached hydrogens (tertiary/aromatic N) is 3. The number of aromatic nitrogens is 4. The summed E-state index contributed by atoms with van der Waals surface area (Å²) in [5, 5.41) is 17.5. The molecule has 9 nitrogen and oxygen atoms in total. The molecule has 0 bridgehead atoms. The van der Waals surface area contributed by atoms with Gasteiger partial charge in [-0.05, 0) is 26.3 Å². The topological polar surface area (TPSA) is 122 Å². The number of carbonyl (C=O) groups is 3. The van der Waals surface area contributed by atoms with Crippen molar-refractivity contribution in [1.29, 1.82) is 0 Å². The first-order chi connectivity index (χ1) is 13.4. The van der Waals surface area contributed by atoms with Gasteiger partial charge in [0.1, 0.15) is 6.54 Å². The van der Waals surface area contributed by atoms with Gasteiger partial charge in [0.25, 0.3) is 0 Å². The molecule has 3 aromatic rings. The first-order valence-electron chi connectivity index (χ1n) is 9.04. The van der Waals surface area contributed by atoms with Crippen molar-refractivity contribution in [2.45, 2.75) is 39.2 Å². The SMILES string of the molecule is Cc1n[nH]c(C)c1NC(=O)Cn1nc(C2CCC(=O)NC2=O)c2ccccc21. The number of fused-ring (bicyclic) bond motifs is 1. The lowest BCUT2D eigenvalue weighted by Crippen LogP contribution is -2.39. The summed E-state index contributed by atoms with van der Waals surface area (Å²) in [4.78, 5) is 36.3. The van der Waals surface area contributed by atoms with E-state index in [0.717, 1.165) is 16.6 Å². The normalized spacial score (nSPS) is 17.0. The van der Waals surface area contributed by atoms with Crippen molar-refractivity contribution >= 4 is 34.3 Å². The Morgan fingerprint density at radius 1 is 1.29 bits per heavy atom. The van der Waals surface area contributed by atoms with Crippen LogP contribution < -0.4 is 10.6 Å². The molecule has 144 valence electrons. The number of nitrogens with one attached hydrogen (secondary N) is 3. The lowest BCUT2D eigenvalue weighted by Gasteiger charge is -2.19. The summed E-state index contributed by atoms with van der Waals surface area (Å²) in [6, 6.07) is 7.46. The molecule has 3 amide bonds. The minimum absolute atomic E-state index is 0.00214. The van der Waals surface area contributed by atoms with Crippen molar-refractivity contribution < 1.29 is 14.4 Å². The highest BCUT2D eigenvalue weighted by Crippen LogP contribution is 2.30. The summed E-state index contributed by atoms with van der Waals surface area (Å²) in [6.45, 7) is 3.64. The molecule has 1 aromatic carbocycles. The third-order valence-corrected chi connectivity index (χ3v) is 4.94. The highest BCUT2D eigenvalue weighted by Gasteiger charge is 2.31. The van der Waals surface area contributed by atoms with Gasteiger partial charge in [-0.15, -0.1) is 0 Å². The van der Waals surface area contributed by atoms with Crippen LogP contribution in [0.25, 0.3) is 10.9 Å². The number of H-pyrrole nitrogens is 1. The molecule has 1 aliphatic rings. The van der Waals surface area contributed by atoms with Gasteiger partial charge in [0, 0.05) is 11.8 Å². The second kappa shape index (κ2) is 6.91. The van der Waals surface area contributed by atoms with Crippen molar-refractivity contribution in [3.63, 3.8) is 0 Å². The number of rotatable bonds is 4. The van der Waals surface area contributed by atoms with Crippen molar-refractivity contribution in [3.8, 4) is 0 Å². The molecule has 1 saturated heterocycles. The van der Waals surface area contributed by atoms with Gasteiger partial charge in [-0.1, -0.05) is 18.2 Å². The van der Waals surface area contributed by atoms with Gasteiger partial charge in [0.15, 0.2) is 0 Å². The molecular formula is C19H20N6O3. The Morgan fingerprint density at radius 2 is 2.07 bits per heavy atom. The Bertz CT molecular complexity index is 1080. The Hall–Kier alpha value is -3.49. The van der Waals surface area contributed by atoms with Crippen LogP contribution >= 0.6 is 0 Å². The van der Waals surface area contributed by atoms with Gasteiger partial charge in [0.05, 0.1) is 34.2 Å². The summed E-state index contributed by atoms with van der Waals surface area (Å²) in [7, 11) is 0. The van der Waals surface area contributed by atoms with Crippen molar-refractivity contribution in [2.75, 3.05) is 5.32 Å². The zero-order chi connectivity index (χ0) is 19.8. The van der Waals surface area contributed by atoms with E-state index in [-0.39, 0.29) is 30.7 Å². The monoisotopic (exact) mass is 380 g/mol. The first-order valence-corrected chi connectivity index (χ1v) is 9.04. The Kier molecular flexibility index (Phi) is 4.42. The average Bonchev–Trinajstić information content (AvgIpc) is 3.17. The molecule has 2 aromatic heterocycles. The summed E-state index contributed by atoms with van der Waals surface area (Å²) in [5.41, 5.74) is 3.50. The molecule has 4 rings (SSSR count). The predicted octanol–water partition coefficient (Wildman–Crippen LogP) is 1.54. The molecule has 28 heavy (non-hydrogen) atoms. The molecule has 9 heteroatoms. The Morgan fingerprint density at radius 3 is 2.79 bits per heavy atom. The lowest BCUT2D eigenvalue weighted by molar-refractivity contribution is -0.134. The van der Waals surface area contributed by atoms with E-state index >= 15 is 0 Å². The number of aromatic amines is 1. The van der Waals surface area contributed by atoms with Crippen molar-refractivity contribution in [3.05, 3.63) is 41.3 Å². The van der Waals surface area contributed by atoms with E-state index in [2.05, 4.69) is 25.9 Å². The van der Waals surface area contributed by atoms with E-state index in [9.17, 15) is 14.4 Å². The van der Waals surface area contributed by atoms with E-state index in [1.165, 1.54) is 0 Å². The second-order valence-electron chi connectivity index (χ2n) is 6.92. The molecule has 3 N–H and O–H groups in total. The zero-order valence-electron chi connectivity index (χ0n) is 15.6. The van der Waals surface area contributed by atoms with E-state index in [1.807, 2.05) is 38.1 Å². The fourth-order valence-corrected chi connectivity index (χ4v) is 3.54. The summed E-state index contributed by atoms with van der Waals surface area (Å²) in [6.07, 6.45) is 0.683. The van der Waals surface area contributed by atoms with Gasteiger partial charge >= 0.3 is 0 Å². The maximum Gasteiger partial charge on any atom is 0.246 e. The number of piperidine rings is 1. The Labute approximate surface area is 160 Å². The highest BCUT2D eigenvalue weighted by atomic mass is 16.2. The van der Waals surface area contributed by atoms with Crippen molar-refractivity contribution in [2.24, 2.45) is 0 Å². The zero-order valence-corrected chi connectivity index (χ0v) is 15.6. The lowest BCUT2D eigenvalue weighted by atomic mass is 9.93. The quantitative estimate of drug-likeness (QED) is 0.593. The largest absolute Gasteiger partial charge is 0.321 e. The third-order valence-electron chi connectivity index (χ3n) is 4.94. The van der Waals surface area contributed by atoms with Crippen LogP contribution in [-0.4, -0.2) is 37.7 Å². The number of carbonyl (C=O) groups excluding carboxylic acids is 3. The summed E-state index contributed by atoms with van der Waals surface area (Å²) in [5.74, 6) is -1.36. The third kappa shape index (κ3) is 3.15. The molecule has 1 aliphatic heterocycles. The van der Waals surface area contributed by atoms with Crippen LogP contribution in [0.2, 0.25) is 0 Å². The van der Waals surface area contributed by atoms with Crippen LogP contribution in [0.4, 0.5) is 5.69 Å². The predicted molar refractivity (Wildman–Crippen MR) is 102 cm³/mol. The van der Waals surface area contributed by atoms with Gasteiger partial charge < -0.3 is 5.32 Å². The summed E-state index contributed by atoms with van der Waals surface area (Å²) < 4.78 is 1.59. The molecule has 3 heterocycles. The maximum atomic E-state index is 12.6. The van der Waals surface area contributed by atoms with Crippen LogP contribution in [0, 0.1) is 13.8 Å². The Balaban J connectivity index is 1.64. The van der Waals surface area contributed by atoms with Crippen LogP contribution in [0.15, 0.2) is 24.3 Å². The number of hydrogen-bond acceptors (Lipinski definition) is 5. The molecule has 1 fully saturated rings. The van der Waals surface area contributed by atoms with Crippen LogP contribution in [0.1, 0.15) is 35.8 Å². The second-order valence-corrected chi connectivity index (χ2v) is 6.92. The molecule has 0 aliphatic carbocycles. The highest BCUT2D eigenvalue weighted by molar-refractivity contribution is 6.02. The van der Waals surface area contributed by atoms with Crippen LogP contribution in [-0.2, 0) is 20.9 Å². The number of aryl methyl sites for hydroxylation is 2. The number of anilines is 1. The van der Waals surface area contributed by atoms with E-state index in [4.69, 9.17) is 0 Å². The molecule has 1 unspecified atom stereocenters. The average molecular weight is 380 g/mol. The van der Waals surface area contributed by atoms with Gasteiger partial charge in [-0.2, -0.15) is 10.2 Å². The van der Waals surface area contributed by atoms with Gasteiger partial charge in [0.2, 0.25) is 17.7 Å². The smallest absolute Gasteiger partial charge is 0.246 e. The fraction of sp³-hybridized carbons (Fsp3) is 0.316. The van der Waals surface area contributed by atoms with Crippen LogP contribution in [0.3, 0.4) is 0 Å². The van der Waals surface area contributed by atoms with Crippen LogP contribution in [0.5, 0.6) is 0 Å². The minimum atomic E-state index is -0.509. The van der Waals surface area contributed by atoms with Gasteiger partial charge in [-0.25, -0.2) is 0 Å². The number of benzene rings is 1. The standard InChI is InChI=1S/C19H20N6O3/c1-10-17(11(2)23-22-10)20-16(27)9-25-14-6-4-3-5-12(14)18(24-25)13-7-8-15(26)21-19(13)28/h3-6,13H,7-9H2,1-2H3,(H,20,27)(H,22,23)(H,21,26,28). The molecular weight excluding hydrogens is 360 g/mol. The number of amides is 3.